The lowest BCUT2D eigenvalue weighted by Gasteiger charge is -2.26. The van der Waals surface area contributed by atoms with E-state index >= 15 is 0 Å². The highest BCUT2D eigenvalue weighted by Gasteiger charge is 2.26. The van der Waals surface area contributed by atoms with Gasteiger partial charge < -0.3 is 19.2 Å². The Kier molecular flexibility index (Phi) is 7.41. The first kappa shape index (κ1) is 23.7. The molecule has 0 spiro atoms. The first-order chi connectivity index (χ1) is 16.4. The van der Waals surface area contributed by atoms with E-state index < -0.39 is 28.4 Å². The van der Waals surface area contributed by atoms with Crippen LogP contribution in [0, 0.1) is 0 Å². The van der Waals surface area contributed by atoms with Crippen LogP contribution in [-0.4, -0.2) is 57.4 Å². The molecule has 9 nitrogen and oxygen atoms in total. The van der Waals surface area contributed by atoms with E-state index in [9.17, 15) is 18.0 Å². The fraction of sp³-hybridized carbons (Fsp3) is 0.250. The molecule has 0 atom stereocenters. The maximum absolute atomic E-state index is 12.7. The predicted molar refractivity (Wildman–Crippen MR) is 123 cm³/mol. The first-order valence-corrected chi connectivity index (χ1v) is 12.1. The van der Waals surface area contributed by atoms with Crippen molar-refractivity contribution in [1.82, 2.24) is 4.31 Å². The second-order valence-corrected chi connectivity index (χ2v) is 9.46. The number of hydrogen-bond donors (Lipinski definition) is 1. The molecule has 1 N–H and O–H groups in total. The van der Waals surface area contributed by atoms with Crippen LogP contribution in [0.15, 0.2) is 76.2 Å². The summed E-state index contributed by atoms with van der Waals surface area (Å²) in [6.45, 7) is 1.19. The highest BCUT2D eigenvalue weighted by molar-refractivity contribution is 7.89. The maximum Gasteiger partial charge on any atom is 0.340 e. The summed E-state index contributed by atoms with van der Waals surface area (Å²) in [6.07, 6.45) is 1.56. The van der Waals surface area contributed by atoms with Crippen molar-refractivity contribution in [3.63, 3.8) is 0 Å². The smallest absolute Gasteiger partial charge is 0.340 e. The van der Waals surface area contributed by atoms with Crippen molar-refractivity contribution in [3.05, 3.63) is 83.8 Å². The lowest BCUT2D eigenvalue weighted by atomic mass is 10.1. The van der Waals surface area contributed by atoms with Gasteiger partial charge in [0, 0.05) is 24.3 Å². The van der Waals surface area contributed by atoms with E-state index in [1.807, 2.05) is 6.07 Å². The van der Waals surface area contributed by atoms with Gasteiger partial charge in [0.25, 0.3) is 0 Å². The molecule has 3 aromatic rings. The molecule has 0 aliphatic carbocycles. The molecule has 0 radical (unpaired) electrons. The molecule has 4 rings (SSSR count). The summed E-state index contributed by atoms with van der Waals surface area (Å²) in [5.74, 6) is -0.385. The van der Waals surface area contributed by atoms with Crippen molar-refractivity contribution in [3.8, 4) is 0 Å². The van der Waals surface area contributed by atoms with Gasteiger partial charge in [0.2, 0.25) is 10.0 Å². The molecule has 0 bridgehead atoms. The highest BCUT2D eigenvalue weighted by Crippen LogP contribution is 2.20. The molecule has 0 amide bonds. The normalized spacial score (nSPS) is 14.5. The Morgan fingerprint density at radius 1 is 0.971 bits per heavy atom. The fourth-order valence-corrected chi connectivity index (χ4v) is 4.86. The van der Waals surface area contributed by atoms with Gasteiger partial charge in [-0.05, 0) is 48.5 Å². The molecule has 178 valence electrons. The molecule has 0 unspecified atom stereocenters. The van der Waals surface area contributed by atoms with Crippen molar-refractivity contribution >= 4 is 27.5 Å². The average molecular weight is 485 g/mol. The van der Waals surface area contributed by atoms with E-state index in [0.717, 1.165) is 0 Å². The van der Waals surface area contributed by atoms with Crippen LogP contribution in [0.1, 0.15) is 26.5 Å². The minimum absolute atomic E-state index is 0.0968. The van der Waals surface area contributed by atoms with Crippen LogP contribution in [0.25, 0.3) is 0 Å². The van der Waals surface area contributed by atoms with Crippen LogP contribution in [0.3, 0.4) is 0 Å². The van der Waals surface area contributed by atoms with E-state index in [0.29, 0.717) is 31.2 Å². The van der Waals surface area contributed by atoms with Crippen LogP contribution in [0.5, 0.6) is 0 Å². The van der Waals surface area contributed by atoms with Crippen LogP contribution < -0.4 is 5.32 Å². The minimum atomic E-state index is -3.65. The number of benzene rings is 2. The Labute approximate surface area is 197 Å². The summed E-state index contributed by atoms with van der Waals surface area (Å²) >= 11 is 0. The largest absolute Gasteiger partial charge is 0.467 e. The average Bonchev–Trinajstić information content (AvgIpc) is 3.40. The van der Waals surface area contributed by atoms with E-state index in [2.05, 4.69) is 5.32 Å². The van der Waals surface area contributed by atoms with Crippen molar-refractivity contribution < 1.29 is 31.9 Å². The third-order valence-corrected chi connectivity index (χ3v) is 7.21. The number of para-hydroxylation sites is 1. The number of nitrogens with one attached hydrogen (secondary N) is 1. The molecule has 0 saturated carbocycles. The maximum atomic E-state index is 12.7. The number of rotatable bonds is 9. The number of hydrogen-bond acceptors (Lipinski definition) is 8. The van der Waals surface area contributed by atoms with Gasteiger partial charge in [-0.1, -0.05) is 12.1 Å². The Morgan fingerprint density at radius 3 is 2.41 bits per heavy atom. The number of anilines is 1. The number of Topliss-reactive ketones (excluding diaryl/α,β-unsaturated/α-hetero) is 1. The molecule has 1 saturated heterocycles. The van der Waals surface area contributed by atoms with E-state index in [-0.39, 0.29) is 29.1 Å². The number of sulfonamides is 1. The summed E-state index contributed by atoms with van der Waals surface area (Å²) in [6, 6.07) is 16.0. The Balaban J connectivity index is 1.36. The molecule has 1 fully saturated rings. The van der Waals surface area contributed by atoms with Gasteiger partial charge >= 0.3 is 5.97 Å². The number of morpholine rings is 1. The Bertz CT molecular complexity index is 1230. The monoisotopic (exact) mass is 484 g/mol. The number of ether oxygens (including phenoxy) is 2. The van der Waals surface area contributed by atoms with Gasteiger partial charge in [-0.25, -0.2) is 13.2 Å². The van der Waals surface area contributed by atoms with E-state index in [1.165, 1.54) is 28.6 Å². The van der Waals surface area contributed by atoms with Gasteiger partial charge in [0.1, 0.15) is 5.76 Å². The molecule has 1 aliphatic rings. The molecule has 1 aliphatic heterocycles. The van der Waals surface area contributed by atoms with Crippen LogP contribution >= 0.6 is 0 Å². The summed E-state index contributed by atoms with van der Waals surface area (Å²) in [5, 5.41) is 3.12. The Morgan fingerprint density at radius 2 is 1.71 bits per heavy atom. The van der Waals surface area contributed by atoms with E-state index in [1.54, 1.807) is 36.6 Å². The topological polar surface area (TPSA) is 115 Å². The standard InChI is InChI=1S/C24H24N2O7S/c27-23(18-7-9-20(10-8-18)34(29,30)26-11-14-31-15-12-26)17-33-24(28)21-5-1-2-6-22(21)25-16-19-4-3-13-32-19/h1-10,13,25H,11-12,14-17H2. The summed E-state index contributed by atoms with van der Waals surface area (Å²) in [7, 11) is -3.65. The van der Waals surface area contributed by atoms with Crippen LogP contribution in [-0.2, 0) is 26.0 Å². The summed E-state index contributed by atoms with van der Waals surface area (Å²) in [5.41, 5.74) is 1.08. The highest BCUT2D eigenvalue weighted by atomic mass is 32.2. The quantitative estimate of drug-likeness (QED) is 0.364. The second-order valence-electron chi connectivity index (χ2n) is 7.52. The van der Waals surface area contributed by atoms with Crippen molar-refractivity contribution in [2.45, 2.75) is 11.4 Å². The molecule has 2 heterocycles. The predicted octanol–water partition coefficient (Wildman–Crippen LogP) is 2.95. The summed E-state index contributed by atoms with van der Waals surface area (Å²) < 4.78 is 42.5. The van der Waals surface area contributed by atoms with Gasteiger partial charge in [0.05, 0.1) is 36.5 Å². The van der Waals surface area contributed by atoms with Gasteiger partial charge in [-0.3, -0.25) is 4.79 Å². The van der Waals surface area contributed by atoms with Crippen molar-refractivity contribution in [2.24, 2.45) is 0 Å². The lowest BCUT2D eigenvalue weighted by Crippen LogP contribution is -2.40. The third-order valence-electron chi connectivity index (χ3n) is 5.30. The van der Waals surface area contributed by atoms with Gasteiger partial charge in [-0.15, -0.1) is 0 Å². The molecule has 1 aromatic heterocycles. The van der Waals surface area contributed by atoms with Crippen LogP contribution in [0.2, 0.25) is 0 Å². The van der Waals surface area contributed by atoms with Crippen molar-refractivity contribution in [2.75, 3.05) is 38.2 Å². The van der Waals surface area contributed by atoms with Gasteiger partial charge in [-0.2, -0.15) is 4.31 Å². The second kappa shape index (κ2) is 10.6. The Hall–Kier alpha value is -3.47. The minimum Gasteiger partial charge on any atom is -0.467 e. The van der Waals surface area contributed by atoms with Crippen LogP contribution in [0.4, 0.5) is 5.69 Å². The SMILES string of the molecule is O=C(COC(=O)c1ccccc1NCc1ccco1)c1ccc(S(=O)(=O)N2CCOCC2)cc1. The number of nitrogens with zero attached hydrogens (tertiary/aromatic N) is 1. The van der Waals surface area contributed by atoms with Crippen molar-refractivity contribution in [1.29, 1.82) is 0 Å². The first-order valence-electron chi connectivity index (χ1n) is 10.7. The zero-order valence-electron chi connectivity index (χ0n) is 18.3. The zero-order valence-corrected chi connectivity index (χ0v) is 19.1. The number of ketones is 1. The molecular weight excluding hydrogens is 460 g/mol. The third kappa shape index (κ3) is 5.53. The lowest BCUT2D eigenvalue weighted by molar-refractivity contribution is 0.0475. The summed E-state index contributed by atoms with van der Waals surface area (Å²) in [4.78, 5) is 25.2. The fourth-order valence-electron chi connectivity index (χ4n) is 3.45. The molecule has 34 heavy (non-hydrogen) atoms. The molecule has 2 aromatic carbocycles. The number of furan rings is 1. The number of esters is 1. The number of carbonyl (C=O) groups is 2. The molecule has 10 heteroatoms. The number of carbonyl (C=O) groups excluding carboxylic acids is 2. The molecular formula is C24H24N2O7S. The zero-order chi connectivity index (χ0) is 24.0. The van der Waals surface area contributed by atoms with E-state index in [4.69, 9.17) is 13.9 Å². The van der Waals surface area contributed by atoms with Gasteiger partial charge in [0.15, 0.2) is 12.4 Å².